The van der Waals surface area contributed by atoms with Crippen LogP contribution in [0.4, 0.5) is 5.69 Å². The summed E-state index contributed by atoms with van der Waals surface area (Å²) in [5, 5.41) is 14.6. The number of benzene rings is 2. The Morgan fingerprint density at radius 1 is 1.39 bits per heavy atom. The van der Waals surface area contributed by atoms with Gasteiger partial charge >= 0.3 is 0 Å². The van der Waals surface area contributed by atoms with Crippen LogP contribution >= 0.6 is 11.8 Å². The molecule has 2 aromatic carbocycles. The molecule has 1 aromatic heterocycles. The quantitative estimate of drug-likeness (QED) is 0.324. The van der Waals surface area contributed by atoms with Gasteiger partial charge < -0.3 is 14.8 Å². The van der Waals surface area contributed by atoms with Gasteiger partial charge in [-0.2, -0.15) is 0 Å². The van der Waals surface area contributed by atoms with E-state index in [9.17, 15) is 14.9 Å². The van der Waals surface area contributed by atoms with Crippen molar-refractivity contribution in [2.75, 3.05) is 26.0 Å². The van der Waals surface area contributed by atoms with Crippen molar-refractivity contribution in [1.29, 1.82) is 0 Å². The number of amides is 1. The van der Waals surface area contributed by atoms with E-state index in [1.54, 1.807) is 13.2 Å². The van der Waals surface area contributed by atoms with Crippen LogP contribution in [0.15, 0.2) is 47.6 Å². The standard InChI is InChI=1S/C21H22N4O5S/c1-29-19-7-3-2-6-18(19)24-17-9-8-14(25(27)28)11-16(17)23-21(24)31-13-20(26)22-12-15-5-4-10-30-15/h2-3,6-9,11,15H,4-5,10,12-13H2,1H3,(H,22,26). The Labute approximate surface area is 182 Å². The first-order chi connectivity index (χ1) is 15.1. The molecule has 31 heavy (non-hydrogen) atoms. The summed E-state index contributed by atoms with van der Waals surface area (Å²) in [4.78, 5) is 27.7. The molecule has 0 bridgehead atoms. The highest BCUT2D eigenvalue weighted by atomic mass is 32.2. The first kappa shape index (κ1) is 21.1. The summed E-state index contributed by atoms with van der Waals surface area (Å²) in [7, 11) is 1.58. The number of non-ortho nitro benzene ring substituents is 1. The molecule has 1 saturated heterocycles. The average Bonchev–Trinajstić information content (AvgIpc) is 3.43. The molecule has 3 aromatic rings. The zero-order chi connectivity index (χ0) is 21.8. The first-order valence-corrected chi connectivity index (χ1v) is 10.9. The lowest BCUT2D eigenvalue weighted by atomic mass is 10.2. The van der Waals surface area contributed by atoms with Gasteiger partial charge in [-0.15, -0.1) is 0 Å². The van der Waals surface area contributed by atoms with E-state index in [4.69, 9.17) is 9.47 Å². The lowest BCUT2D eigenvalue weighted by molar-refractivity contribution is -0.384. The Kier molecular flexibility index (Phi) is 6.38. The van der Waals surface area contributed by atoms with Crippen LogP contribution in [0, 0.1) is 10.1 Å². The van der Waals surface area contributed by atoms with Crippen LogP contribution in [-0.2, 0) is 9.53 Å². The van der Waals surface area contributed by atoms with E-state index in [1.807, 2.05) is 28.8 Å². The molecule has 0 spiro atoms. The summed E-state index contributed by atoms with van der Waals surface area (Å²) < 4.78 is 12.9. The number of imidazole rings is 1. The van der Waals surface area contributed by atoms with E-state index in [0.29, 0.717) is 28.5 Å². The van der Waals surface area contributed by atoms with E-state index in [0.717, 1.165) is 25.1 Å². The maximum Gasteiger partial charge on any atom is 0.271 e. The van der Waals surface area contributed by atoms with Gasteiger partial charge in [0.15, 0.2) is 5.16 Å². The normalized spacial score (nSPS) is 15.8. The molecule has 0 radical (unpaired) electrons. The van der Waals surface area contributed by atoms with Crippen LogP contribution in [0.25, 0.3) is 16.7 Å². The summed E-state index contributed by atoms with van der Waals surface area (Å²) in [6.45, 7) is 1.23. The molecule has 0 aliphatic carbocycles. The number of nitrogens with one attached hydrogen (secondary N) is 1. The second-order valence-electron chi connectivity index (χ2n) is 7.06. The third-order valence-corrected chi connectivity index (χ3v) is 5.97. The van der Waals surface area contributed by atoms with Gasteiger partial charge in [0.25, 0.3) is 5.69 Å². The number of nitro groups is 1. The summed E-state index contributed by atoms with van der Waals surface area (Å²) in [6, 6.07) is 12.0. The summed E-state index contributed by atoms with van der Waals surface area (Å²) in [5.41, 5.74) is 1.87. The van der Waals surface area contributed by atoms with E-state index < -0.39 is 4.92 Å². The Morgan fingerprint density at radius 3 is 2.97 bits per heavy atom. The maximum atomic E-state index is 12.4. The predicted molar refractivity (Wildman–Crippen MR) is 117 cm³/mol. The summed E-state index contributed by atoms with van der Waals surface area (Å²) in [6.07, 6.45) is 2.05. The molecule has 1 amide bonds. The number of aromatic nitrogens is 2. The van der Waals surface area contributed by atoms with E-state index in [2.05, 4.69) is 10.3 Å². The second kappa shape index (κ2) is 9.36. The monoisotopic (exact) mass is 442 g/mol. The molecule has 10 heteroatoms. The minimum Gasteiger partial charge on any atom is -0.495 e. The van der Waals surface area contributed by atoms with Gasteiger partial charge in [0, 0.05) is 25.3 Å². The van der Waals surface area contributed by atoms with Crippen molar-refractivity contribution in [1.82, 2.24) is 14.9 Å². The van der Waals surface area contributed by atoms with Gasteiger partial charge in [-0.3, -0.25) is 19.5 Å². The fourth-order valence-corrected chi connectivity index (χ4v) is 4.37. The molecule has 1 atom stereocenters. The van der Waals surface area contributed by atoms with Gasteiger partial charge in [-0.1, -0.05) is 23.9 Å². The molecular formula is C21H22N4O5S. The molecule has 162 valence electrons. The van der Waals surface area contributed by atoms with Crippen LogP contribution in [0.3, 0.4) is 0 Å². The highest BCUT2D eigenvalue weighted by Gasteiger charge is 2.20. The fraction of sp³-hybridized carbons (Fsp3) is 0.333. The van der Waals surface area contributed by atoms with Crippen LogP contribution in [-0.4, -0.2) is 52.5 Å². The van der Waals surface area contributed by atoms with Crippen molar-refractivity contribution in [3.63, 3.8) is 0 Å². The SMILES string of the molecule is COc1ccccc1-n1c(SCC(=O)NCC2CCCO2)nc2cc([N+](=O)[O-])ccc21. The van der Waals surface area contributed by atoms with Crippen molar-refractivity contribution in [2.45, 2.75) is 24.1 Å². The number of thioether (sulfide) groups is 1. The number of carbonyl (C=O) groups excluding carboxylic acids is 1. The summed E-state index contributed by atoms with van der Waals surface area (Å²) in [5.74, 6) is 0.669. The maximum absolute atomic E-state index is 12.4. The topological polar surface area (TPSA) is 109 Å². The van der Waals surface area contributed by atoms with Crippen molar-refractivity contribution in [3.8, 4) is 11.4 Å². The lowest BCUT2D eigenvalue weighted by Gasteiger charge is -2.13. The van der Waals surface area contributed by atoms with E-state index in [1.165, 1.54) is 23.9 Å². The Bertz CT molecular complexity index is 1110. The number of rotatable bonds is 8. The van der Waals surface area contributed by atoms with Crippen LogP contribution in [0.2, 0.25) is 0 Å². The predicted octanol–water partition coefficient (Wildman–Crippen LogP) is 3.33. The lowest BCUT2D eigenvalue weighted by Crippen LogP contribution is -2.32. The zero-order valence-electron chi connectivity index (χ0n) is 16.9. The van der Waals surface area contributed by atoms with Crippen molar-refractivity contribution >= 4 is 34.4 Å². The number of methoxy groups -OCH3 is 1. The number of nitrogens with zero attached hydrogens (tertiary/aromatic N) is 3. The minimum atomic E-state index is -0.451. The van der Waals surface area contributed by atoms with Gasteiger partial charge in [-0.05, 0) is 31.0 Å². The molecule has 0 saturated carbocycles. The Morgan fingerprint density at radius 2 is 2.23 bits per heavy atom. The highest BCUT2D eigenvalue weighted by Crippen LogP contribution is 2.33. The number of ether oxygens (including phenoxy) is 2. The van der Waals surface area contributed by atoms with Crippen LogP contribution < -0.4 is 10.1 Å². The van der Waals surface area contributed by atoms with Gasteiger partial charge in [0.1, 0.15) is 5.75 Å². The Balaban J connectivity index is 1.62. The summed E-state index contributed by atoms with van der Waals surface area (Å²) >= 11 is 1.27. The van der Waals surface area contributed by atoms with Gasteiger partial charge in [0.2, 0.25) is 5.91 Å². The molecule has 4 rings (SSSR count). The largest absolute Gasteiger partial charge is 0.495 e. The highest BCUT2D eigenvalue weighted by molar-refractivity contribution is 7.99. The second-order valence-corrected chi connectivity index (χ2v) is 8.00. The molecule has 2 heterocycles. The van der Waals surface area contributed by atoms with E-state index >= 15 is 0 Å². The van der Waals surface area contributed by atoms with Gasteiger partial charge in [-0.25, -0.2) is 4.98 Å². The van der Waals surface area contributed by atoms with Gasteiger partial charge in [0.05, 0.1) is 40.6 Å². The number of para-hydroxylation sites is 2. The first-order valence-electron chi connectivity index (χ1n) is 9.88. The zero-order valence-corrected chi connectivity index (χ0v) is 17.8. The van der Waals surface area contributed by atoms with Crippen molar-refractivity contribution in [2.24, 2.45) is 0 Å². The third kappa shape index (κ3) is 4.64. The number of hydrogen-bond acceptors (Lipinski definition) is 7. The molecule has 1 aliphatic rings. The van der Waals surface area contributed by atoms with Crippen LogP contribution in [0.1, 0.15) is 12.8 Å². The molecule has 1 fully saturated rings. The number of nitro benzene ring substituents is 1. The number of hydrogen-bond donors (Lipinski definition) is 1. The molecule has 1 N–H and O–H groups in total. The van der Waals surface area contributed by atoms with Crippen molar-refractivity contribution < 1.29 is 19.2 Å². The molecule has 1 aliphatic heterocycles. The van der Waals surface area contributed by atoms with E-state index in [-0.39, 0.29) is 23.5 Å². The fourth-order valence-electron chi connectivity index (χ4n) is 3.52. The molecule has 1 unspecified atom stereocenters. The number of carbonyl (C=O) groups is 1. The smallest absolute Gasteiger partial charge is 0.271 e. The van der Waals surface area contributed by atoms with Crippen molar-refractivity contribution in [3.05, 3.63) is 52.6 Å². The number of fused-ring (bicyclic) bond motifs is 1. The third-order valence-electron chi connectivity index (χ3n) is 5.03. The molecular weight excluding hydrogens is 420 g/mol. The van der Waals surface area contributed by atoms with Crippen LogP contribution in [0.5, 0.6) is 5.75 Å². The average molecular weight is 442 g/mol. The Hall–Kier alpha value is -3.11. The minimum absolute atomic E-state index is 0.0389. The molecule has 9 nitrogen and oxygen atoms in total.